The van der Waals surface area contributed by atoms with Gasteiger partial charge in [0.15, 0.2) is 11.4 Å². The number of hydrogen-bond donors (Lipinski definition) is 1. The van der Waals surface area contributed by atoms with Crippen LogP contribution in [0.15, 0.2) is 35.4 Å². The highest BCUT2D eigenvalue weighted by atomic mass is 16.6. The van der Waals surface area contributed by atoms with Gasteiger partial charge < -0.3 is 24.4 Å². The number of esters is 1. The van der Waals surface area contributed by atoms with Crippen LogP contribution in [0.1, 0.15) is 69.2 Å². The molecule has 43 heavy (non-hydrogen) atoms. The van der Waals surface area contributed by atoms with Crippen LogP contribution in [-0.2, 0) is 27.2 Å². The maximum absolute atomic E-state index is 13.7. The Morgan fingerprint density at radius 1 is 1.12 bits per heavy atom. The molecule has 0 bridgehead atoms. The highest BCUT2D eigenvalue weighted by Gasteiger charge is 2.50. The van der Waals surface area contributed by atoms with Crippen LogP contribution in [0.25, 0.3) is 16.5 Å². The van der Waals surface area contributed by atoms with Crippen molar-refractivity contribution in [2.45, 2.75) is 76.9 Å². The molecule has 9 nitrogen and oxygen atoms in total. The average molecular weight is 586 g/mol. The van der Waals surface area contributed by atoms with Gasteiger partial charge >= 0.3 is 12.1 Å². The van der Waals surface area contributed by atoms with Crippen LogP contribution in [0.3, 0.4) is 0 Å². The lowest BCUT2D eigenvalue weighted by molar-refractivity contribution is -0.163. The first kappa shape index (κ1) is 28.2. The van der Waals surface area contributed by atoms with Crippen molar-refractivity contribution in [1.29, 1.82) is 0 Å². The van der Waals surface area contributed by atoms with Crippen molar-refractivity contribution >= 4 is 34.3 Å². The van der Waals surface area contributed by atoms with Crippen molar-refractivity contribution in [1.82, 2.24) is 14.8 Å². The molecule has 5 aliphatic rings. The quantitative estimate of drug-likeness (QED) is 0.527. The predicted octanol–water partition coefficient (Wildman–Crippen LogP) is 4.38. The number of piperidine rings is 2. The smallest absolute Gasteiger partial charge is 0.415 e. The summed E-state index contributed by atoms with van der Waals surface area (Å²) in [7, 11) is 0. The summed E-state index contributed by atoms with van der Waals surface area (Å²) < 4.78 is 11.1. The van der Waals surface area contributed by atoms with Crippen molar-refractivity contribution in [2.75, 3.05) is 32.8 Å². The molecule has 2 aliphatic carbocycles. The van der Waals surface area contributed by atoms with Crippen LogP contribution in [0.5, 0.6) is 5.75 Å². The van der Waals surface area contributed by atoms with E-state index in [1.807, 2.05) is 17.0 Å². The van der Waals surface area contributed by atoms with Gasteiger partial charge in [-0.1, -0.05) is 20.3 Å². The largest absolute Gasteiger partial charge is 0.458 e. The standard InChI is InChI=1S/C34H39N3O6/c1-3-22-23-16-21(43-33(40)37-14-10-20(11-15-37)36-12-6-5-7-13-36)8-9-29(23)35-30-24(22)17-26-25(30)18-28-27(31(26)38)19-42-32(39)34(28,41)4-2/h8-9,16,18,20,26,41H,3-7,10-15,17,19H2,1-2H3/t26?,34-/m0/s1. The van der Waals surface area contributed by atoms with E-state index in [4.69, 9.17) is 14.5 Å². The number of Topliss-reactive ketones (excluding diaryl/α,β-unsaturated/α-hetero) is 1. The number of ether oxygens (including phenoxy) is 2. The Morgan fingerprint density at radius 3 is 2.60 bits per heavy atom. The lowest BCUT2D eigenvalue weighted by Gasteiger charge is -2.39. The molecule has 1 N–H and O–H groups in total. The van der Waals surface area contributed by atoms with Gasteiger partial charge in [0.1, 0.15) is 12.4 Å². The number of hydrogen-bond acceptors (Lipinski definition) is 8. The third-order valence-electron chi connectivity index (χ3n) is 10.3. The second-order valence-electron chi connectivity index (χ2n) is 12.5. The molecule has 226 valence electrons. The maximum Gasteiger partial charge on any atom is 0.415 e. The molecule has 1 aromatic heterocycles. The molecule has 2 aromatic rings. The molecular weight excluding hydrogens is 546 g/mol. The van der Waals surface area contributed by atoms with Crippen molar-refractivity contribution < 1.29 is 29.0 Å². The molecule has 4 heterocycles. The van der Waals surface area contributed by atoms with E-state index in [-0.39, 0.29) is 24.9 Å². The Kier molecular flexibility index (Phi) is 7.13. The molecule has 0 spiro atoms. The Morgan fingerprint density at radius 2 is 1.88 bits per heavy atom. The Bertz CT molecular complexity index is 1580. The molecule has 2 saturated heterocycles. The number of ketones is 1. The van der Waals surface area contributed by atoms with Gasteiger partial charge in [0.25, 0.3) is 0 Å². The highest BCUT2D eigenvalue weighted by Crippen LogP contribution is 2.48. The number of amides is 1. The Hall–Kier alpha value is -3.56. The predicted molar refractivity (Wildman–Crippen MR) is 161 cm³/mol. The van der Waals surface area contributed by atoms with E-state index in [2.05, 4.69) is 11.8 Å². The second kappa shape index (κ2) is 10.9. The van der Waals surface area contributed by atoms with Gasteiger partial charge in [-0.15, -0.1) is 0 Å². The van der Waals surface area contributed by atoms with E-state index in [0.29, 0.717) is 48.9 Å². The summed E-state index contributed by atoms with van der Waals surface area (Å²) in [5, 5.41) is 12.1. The first-order valence-electron chi connectivity index (χ1n) is 15.9. The van der Waals surface area contributed by atoms with E-state index in [1.165, 1.54) is 32.4 Å². The molecule has 7 rings (SSSR count). The third kappa shape index (κ3) is 4.59. The van der Waals surface area contributed by atoms with Crippen LogP contribution in [0.2, 0.25) is 0 Å². The fraction of sp³-hybridized carbons (Fsp3) is 0.529. The molecule has 9 heteroatoms. The number of cyclic esters (lactones) is 1. The van der Waals surface area contributed by atoms with E-state index in [1.54, 1.807) is 19.1 Å². The zero-order chi connectivity index (χ0) is 29.9. The summed E-state index contributed by atoms with van der Waals surface area (Å²) in [4.78, 5) is 48.7. The number of benzene rings is 1. The summed E-state index contributed by atoms with van der Waals surface area (Å²) in [5.41, 5.74) is 3.19. The summed E-state index contributed by atoms with van der Waals surface area (Å²) in [6.45, 7) is 7.41. The fourth-order valence-electron chi connectivity index (χ4n) is 7.82. The number of nitrogens with zero attached hydrogens (tertiary/aromatic N) is 3. The van der Waals surface area contributed by atoms with Crippen LogP contribution in [-0.4, -0.2) is 82.2 Å². The molecule has 1 unspecified atom stereocenters. The van der Waals surface area contributed by atoms with Crippen LogP contribution >= 0.6 is 0 Å². The number of carbonyl (C=O) groups excluding carboxylic acids is 3. The molecule has 3 aliphatic heterocycles. The van der Waals surface area contributed by atoms with E-state index < -0.39 is 17.5 Å². The zero-order valence-electron chi connectivity index (χ0n) is 25.0. The first-order chi connectivity index (χ1) is 20.8. The summed E-state index contributed by atoms with van der Waals surface area (Å²) in [5.74, 6) is -0.774. The van der Waals surface area contributed by atoms with Gasteiger partial charge in [-0.3, -0.25) is 4.79 Å². The number of carbonyl (C=O) groups is 3. The van der Waals surface area contributed by atoms with Gasteiger partial charge in [-0.2, -0.15) is 0 Å². The number of fused-ring (bicyclic) bond motifs is 4. The second-order valence-corrected chi connectivity index (χ2v) is 12.5. The number of aliphatic hydroxyl groups is 1. The molecule has 2 fully saturated rings. The van der Waals surface area contributed by atoms with E-state index >= 15 is 0 Å². The topological polar surface area (TPSA) is 109 Å². The van der Waals surface area contributed by atoms with Gasteiger partial charge in [0, 0.05) is 35.7 Å². The SMILES string of the molecule is CCc1c2c(nc3ccc(OC(=O)N4CCC(N5CCCCC5)CC4)cc13)C1=CC3=C(COC(=O)[C@]3(O)CC)C(=O)C1C2. The van der Waals surface area contributed by atoms with Crippen LogP contribution in [0, 0.1) is 5.92 Å². The minimum Gasteiger partial charge on any atom is -0.458 e. The van der Waals surface area contributed by atoms with E-state index in [0.717, 1.165) is 46.1 Å². The lowest BCUT2D eigenvalue weighted by atomic mass is 9.75. The lowest BCUT2D eigenvalue weighted by Crippen LogP contribution is -2.48. The Balaban J connectivity index is 1.14. The minimum atomic E-state index is -1.84. The molecule has 0 saturated carbocycles. The highest BCUT2D eigenvalue weighted by molar-refractivity contribution is 6.12. The summed E-state index contributed by atoms with van der Waals surface area (Å²) >= 11 is 0. The van der Waals surface area contributed by atoms with Crippen molar-refractivity contribution in [3.05, 3.63) is 52.2 Å². The van der Waals surface area contributed by atoms with Gasteiger partial charge in [-0.05, 0) is 99.0 Å². The molecule has 2 atom stereocenters. The fourth-order valence-corrected chi connectivity index (χ4v) is 7.82. The number of allylic oxidation sites excluding steroid dienone is 1. The molecule has 0 radical (unpaired) electrons. The van der Waals surface area contributed by atoms with Gasteiger partial charge in [0.05, 0.1) is 17.1 Å². The Labute approximate surface area is 251 Å². The van der Waals surface area contributed by atoms with Gasteiger partial charge in [-0.25, -0.2) is 14.6 Å². The minimum absolute atomic E-state index is 0.114. The third-order valence-corrected chi connectivity index (χ3v) is 10.3. The first-order valence-corrected chi connectivity index (χ1v) is 15.9. The van der Waals surface area contributed by atoms with E-state index in [9.17, 15) is 19.5 Å². The zero-order valence-corrected chi connectivity index (χ0v) is 25.0. The summed E-state index contributed by atoms with van der Waals surface area (Å²) in [6, 6.07) is 6.09. The molecular formula is C34H39N3O6. The van der Waals surface area contributed by atoms with Crippen molar-refractivity contribution in [2.24, 2.45) is 5.92 Å². The maximum atomic E-state index is 13.7. The number of pyridine rings is 1. The number of aromatic nitrogens is 1. The van der Waals surface area contributed by atoms with Gasteiger partial charge in [0.2, 0.25) is 0 Å². The normalized spacial score (nSPS) is 26.2. The molecule has 1 amide bonds. The monoisotopic (exact) mass is 585 g/mol. The number of likely N-dealkylation sites (tertiary alicyclic amines) is 2. The van der Waals surface area contributed by atoms with Crippen molar-refractivity contribution in [3.8, 4) is 5.75 Å². The number of rotatable bonds is 4. The van der Waals surface area contributed by atoms with Crippen molar-refractivity contribution in [3.63, 3.8) is 0 Å². The molecule has 1 aromatic carbocycles. The van der Waals surface area contributed by atoms with Crippen LogP contribution < -0.4 is 4.74 Å². The number of aryl methyl sites for hydroxylation is 1. The summed E-state index contributed by atoms with van der Waals surface area (Å²) in [6.07, 6.45) is 8.63. The van der Waals surface area contributed by atoms with Crippen LogP contribution in [0.4, 0.5) is 4.79 Å². The average Bonchev–Trinajstić information content (AvgIpc) is 3.41.